The number of amides is 2. The maximum absolute atomic E-state index is 12.1. The Balaban J connectivity index is 1.49. The van der Waals surface area contributed by atoms with Crippen LogP contribution >= 0.6 is 0 Å². The maximum atomic E-state index is 12.1. The number of nitrogens with two attached hydrogens (primary N) is 1. The first-order valence-electron chi connectivity index (χ1n) is 8.63. The molecule has 150 valence electrons. The van der Waals surface area contributed by atoms with E-state index in [1.807, 2.05) is 0 Å². The molecule has 0 aliphatic heterocycles. The predicted octanol–water partition coefficient (Wildman–Crippen LogP) is 2.04. The van der Waals surface area contributed by atoms with Gasteiger partial charge in [0.15, 0.2) is 5.76 Å². The molecule has 0 radical (unpaired) electrons. The molecule has 2 aromatic carbocycles. The third kappa shape index (κ3) is 5.77. The Hall–Kier alpha value is -3.43. The lowest BCUT2D eigenvalue weighted by molar-refractivity contribution is -0.120. The summed E-state index contributed by atoms with van der Waals surface area (Å²) in [7, 11) is -3.75. The predicted molar refractivity (Wildman–Crippen MR) is 106 cm³/mol. The van der Waals surface area contributed by atoms with E-state index in [0.29, 0.717) is 17.8 Å². The third-order valence-electron chi connectivity index (χ3n) is 4.06. The van der Waals surface area contributed by atoms with Crippen molar-refractivity contribution in [2.45, 2.75) is 17.9 Å². The first kappa shape index (κ1) is 20.3. The molecule has 0 unspecified atom stereocenters. The van der Waals surface area contributed by atoms with Gasteiger partial charge in [0.1, 0.15) is 0 Å². The summed E-state index contributed by atoms with van der Waals surface area (Å²) in [6.45, 7) is 0.320. The van der Waals surface area contributed by atoms with Crippen LogP contribution in [0.25, 0.3) is 0 Å². The lowest BCUT2D eigenvalue weighted by Crippen LogP contribution is -2.24. The van der Waals surface area contributed by atoms with Gasteiger partial charge in [-0.05, 0) is 47.5 Å². The van der Waals surface area contributed by atoms with Crippen molar-refractivity contribution in [2.75, 3.05) is 5.32 Å². The number of carbonyl (C=O) groups excluding carboxylic acids is 2. The summed E-state index contributed by atoms with van der Waals surface area (Å²) < 4.78 is 27.5. The minimum Gasteiger partial charge on any atom is -0.459 e. The van der Waals surface area contributed by atoms with Gasteiger partial charge in [0.05, 0.1) is 17.6 Å². The zero-order chi connectivity index (χ0) is 20.9. The summed E-state index contributed by atoms with van der Waals surface area (Å²) >= 11 is 0. The van der Waals surface area contributed by atoms with E-state index >= 15 is 0 Å². The topological polar surface area (TPSA) is 132 Å². The highest BCUT2D eigenvalue weighted by atomic mass is 32.2. The second kappa shape index (κ2) is 8.72. The maximum Gasteiger partial charge on any atom is 0.291 e. The summed E-state index contributed by atoms with van der Waals surface area (Å²) in [4.78, 5) is 24.0. The highest BCUT2D eigenvalue weighted by Gasteiger charge is 2.10. The Morgan fingerprint density at radius 1 is 0.931 bits per heavy atom. The van der Waals surface area contributed by atoms with Crippen LogP contribution in [-0.2, 0) is 27.8 Å². The molecule has 0 saturated heterocycles. The summed E-state index contributed by atoms with van der Waals surface area (Å²) in [5, 5.41) is 10.6. The smallest absolute Gasteiger partial charge is 0.291 e. The number of anilines is 1. The van der Waals surface area contributed by atoms with Gasteiger partial charge in [-0.15, -0.1) is 0 Å². The largest absolute Gasteiger partial charge is 0.459 e. The van der Waals surface area contributed by atoms with E-state index in [-0.39, 0.29) is 28.9 Å². The molecule has 0 aliphatic rings. The fraction of sp³-hybridized carbons (Fsp3) is 0.100. The van der Waals surface area contributed by atoms with Crippen LogP contribution < -0.4 is 15.8 Å². The quantitative estimate of drug-likeness (QED) is 0.545. The van der Waals surface area contributed by atoms with Gasteiger partial charge in [-0.2, -0.15) is 0 Å². The molecule has 0 atom stereocenters. The summed E-state index contributed by atoms with van der Waals surface area (Å²) in [6.07, 6.45) is 1.54. The molecule has 1 heterocycles. The number of furan rings is 1. The average Bonchev–Trinajstić information content (AvgIpc) is 3.22. The van der Waals surface area contributed by atoms with Crippen molar-refractivity contribution in [3.8, 4) is 0 Å². The number of nitrogens with one attached hydrogen (secondary N) is 2. The molecule has 4 N–H and O–H groups in total. The van der Waals surface area contributed by atoms with Crippen molar-refractivity contribution in [1.29, 1.82) is 0 Å². The number of benzene rings is 2. The minimum atomic E-state index is -3.75. The Kier molecular flexibility index (Phi) is 6.10. The fourth-order valence-corrected chi connectivity index (χ4v) is 3.07. The van der Waals surface area contributed by atoms with E-state index in [1.54, 1.807) is 48.5 Å². The molecule has 9 heteroatoms. The van der Waals surface area contributed by atoms with Crippen LogP contribution in [0.4, 0.5) is 5.69 Å². The number of primary sulfonamides is 1. The summed E-state index contributed by atoms with van der Waals surface area (Å²) in [5.74, 6) is -0.327. The van der Waals surface area contributed by atoms with Crippen LogP contribution in [0.5, 0.6) is 0 Å². The van der Waals surface area contributed by atoms with Gasteiger partial charge in [-0.3, -0.25) is 9.59 Å². The molecule has 29 heavy (non-hydrogen) atoms. The second-order valence-corrected chi connectivity index (χ2v) is 7.83. The highest BCUT2D eigenvalue weighted by Crippen LogP contribution is 2.12. The van der Waals surface area contributed by atoms with E-state index in [0.717, 1.165) is 5.56 Å². The van der Waals surface area contributed by atoms with E-state index in [1.165, 1.54) is 18.4 Å². The highest BCUT2D eigenvalue weighted by molar-refractivity contribution is 7.89. The van der Waals surface area contributed by atoms with Gasteiger partial charge in [0, 0.05) is 12.2 Å². The zero-order valence-electron chi connectivity index (χ0n) is 15.3. The van der Waals surface area contributed by atoms with Crippen molar-refractivity contribution in [2.24, 2.45) is 5.14 Å². The number of sulfonamides is 1. The first-order chi connectivity index (χ1) is 13.8. The number of hydrogen-bond donors (Lipinski definition) is 3. The van der Waals surface area contributed by atoms with E-state index < -0.39 is 10.0 Å². The lowest BCUT2D eigenvalue weighted by atomic mass is 10.1. The van der Waals surface area contributed by atoms with Gasteiger partial charge >= 0.3 is 0 Å². The number of hydrogen-bond acceptors (Lipinski definition) is 5. The third-order valence-corrected chi connectivity index (χ3v) is 4.99. The fourth-order valence-electron chi connectivity index (χ4n) is 2.55. The number of rotatable bonds is 7. The number of carbonyl (C=O) groups is 2. The van der Waals surface area contributed by atoms with Crippen molar-refractivity contribution in [3.63, 3.8) is 0 Å². The molecule has 0 bridgehead atoms. The zero-order valence-corrected chi connectivity index (χ0v) is 16.1. The van der Waals surface area contributed by atoms with Gasteiger partial charge in [-0.25, -0.2) is 13.6 Å². The molecule has 0 fully saturated rings. The van der Waals surface area contributed by atoms with Gasteiger partial charge in [-0.1, -0.05) is 24.3 Å². The van der Waals surface area contributed by atoms with Gasteiger partial charge < -0.3 is 15.1 Å². The van der Waals surface area contributed by atoms with Crippen molar-refractivity contribution in [1.82, 2.24) is 5.32 Å². The van der Waals surface area contributed by atoms with Gasteiger partial charge in [0.2, 0.25) is 15.9 Å². The van der Waals surface area contributed by atoms with E-state index in [2.05, 4.69) is 10.6 Å². The lowest BCUT2D eigenvalue weighted by Gasteiger charge is -2.08. The second-order valence-electron chi connectivity index (χ2n) is 6.27. The van der Waals surface area contributed by atoms with Crippen LogP contribution in [0.15, 0.2) is 76.2 Å². The average molecular weight is 413 g/mol. The van der Waals surface area contributed by atoms with Crippen LogP contribution in [-0.4, -0.2) is 20.2 Å². The monoisotopic (exact) mass is 413 g/mol. The molecule has 1 aromatic heterocycles. The molecule has 3 rings (SSSR count). The van der Waals surface area contributed by atoms with Crippen LogP contribution in [0.1, 0.15) is 21.7 Å². The van der Waals surface area contributed by atoms with Crippen molar-refractivity contribution >= 4 is 27.5 Å². The molecule has 2 amide bonds. The van der Waals surface area contributed by atoms with Crippen molar-refractivity contribution in [3.05, 3.63) is 83.8 Å². The SMILES string of the molecule is NS(=O)(=O)c1ccc(CC(=O)NCc2ccc(NC(=O)c3ccco3)cc2)cc1. The molecular weight excluding hydrogens is 394 g/mol. The first-order valence-corrected chi connectivity index (χ1v) is 10.2. The Labute approximate surface area is 167 Å². The van der Waals surface area contributed by atoms with Crippen LogP contribution in [0, 0.1) is 0 Å². The Bertz CT molecular complexity index is 1090. The van der Waals surface area contributed by atoms with Crippen LogP contribution in [0.3, 0.4) is 0 Å². The van der Waals surface area contributed by atoms with Crippen molar-refractivity contribution < 1.29 is 22.4 Å². The molecule has 8 nitrogen and oxygen atoms in total. The van der Waals surface area contributed by atoms with Crippen LogP contribution in [0.2, 0.25) is 0 Å². The molecule has 3 aromatic rings. The Morgan fingerprint density at radius 3 is 2.17 bits per heavy atom. The Morgan fingerprint density at radius 2 is 1.59 bits per heavy atom. The van der Waals surface area contributed by atoms with E-state index in [4.69, 9.17) is 9.56 Å². The molecule has 0 saturated carbocycles. The molecular formula is C20H19N3O5S. The summed E-state index contributed by atoms with van der Waals surface area (Å²) in [5.41, 5.74) is 2.14. The molecule has 0 aliphatic carbocycles. The standard InChI is InChI=1S/C20H19N3O5S/c21-29(26,27)17-9-5-14(6-10-17)12-19(24)22-13-15-3-7-16(8-4-15)23-20(25)18-2-1-11-28-18/h1-11H,12-13H2,(H,22,24)(H,23,25)(H2,21,26,27). The normalized spacial score (nSPS) is 11.1. The van der Waals surface area contributed by atoms with E-state index in [9.17, 15) is 18.0 Å². The van der Waals surface area contributed by atoms with Gasteiger partial charge in [0.25, 0.3) is 5.91 Å². The minimum absolute atomic E-state index is 0.000821. The summed E-state index contributed by atoms with van der Waals surface area (Å²) in [6, 6.07) is 16.1. The molecule has 0 spiro atoms.